The van der Waals surface area contributed by atoms with Crippen LogP contribution in [0.5, 0.6) is 0 Å². The van der Waals surface area contributed by atoms with E-state index < -0.39 is 12.0 Å². The maximum absolute atomic E-state index is 12.0. The summed E-state index contributed by atoms with van der Waals surface area (Å²) in [6.45, 7) is 7.95. The number of nitrogens with one attached hydrogen (secondary N) is 1. The van der Waals surface area contributed by atoms with Crippen LogP contribution in [0.4, 0.5) is 10.6 Å². The van der Waals surface area contributed by atoms with Gasteiger partial charge in [0.15, 0.2) is 0 Å². The van der Waals surface area contributed by atoms with Crippen LogP contribution in [0, 0.1) is 0 Å². The lowest BCUT2D eigenvalue weighted by Crippen LogP contribution is -2.36. The third kappa shape index (κ3) is 5.37. The molecule has 116 valence electrons. The molecule has 0 radical (unpaired) electrons. The van der Waals surface area contributed by atoms with Gasteiger partial charge < -0.3 is 9.64 Å². The third-order valence-corrected chi connectivity index (χ3v) is 2.69. The van der Waals surface area contributed by atoms with Gasteiger partial charge in [-0.1, -0.05) is 20.8 Å². The molecular weight excluding hydrogens is 272 g/mol. The molecule has 0 atom stereocenters. The first kappa shape index (κ1) is 16.9. The number of hydrogen-bond acceptors (Lipinski definition) is 5. The highest BCUT2D eigenvalue weighted by Crippen LogP contribution is 2.21. The van der Waals surface area contributed by atoms with Gasteiger partial charge in [0.1, 0.15) is 18.7 Å². The Morgan fingerprint density at radius 3 is 2.57 bits per heavy atom. The fraction of sp³-hybridized carbons (Fsp3) is 0.571. The Morgan fingerprint density at radius 2 is 2.00 bits per heavy atom. The van der Waals surface area contributed by atoms with Crippen LogP contribution < -0.4 is 5.32 Å². The summed E-state index contributed by atoms with van der Waals surface area (Å²) in [5.41, 5.74) is 0.681. The van der Waals surface area contributed by atoms with Crippen LogP contribution in [0.1, 0.15) is 33.4 Å². The van der Waals surface area contributed by atoms with E-state index >= 15 is 0 Å². The third-order valence-electron chi connectivity index (χ3n) is 2.69. The lowest BCUT2D eigenvalue weighted by atomic mass is 9.92. The SMILES string of the molecule is CCOC(=O)CN(C)C(=O)Nc1cc(C(C)(C)C)ncn1. The zero-order chi connectivity index (χ0) is 16.0. The number of rotatable bonds is 4. The molecule has 21 heavy (non-hydrogen) atoms. The fourth-order valence-corrected chi connectivity index (χ4v) is 1.51. The predicted octanol–water partition coefficient (Wildman–Crippen LogP) is 1.80. The van der Waals surface area contributed by atoms with Gasteiger partial charge in [0, 0.05) is 18.5 Å². The van der Waals surface area contributed by atoms with Gasteiger partial charge in [0.05, 0.1) is 12.3 Å². The molecule has 1 heterocycles. The average molecular weight is 294 g/mol. The summed E-state index contributed by atoms with van der Waals surface area (Å²) in [6, 6.07) is 1.29. The molecule has 1 aromatic rings. The van der Waals surface area contributed by atoms with Crippen molar-refractivity contribution in [2.75, 3.05) is 25.5 Å². The van der Waals surface area contributed by atoms with Crippen molar-refractivity contribution < 1.29 is 14.3 Å². The van der Waals surface area contributed by atoms with Crippen molar-refractivity contribution in [3.05, 3.63) is 18.1 Å². The van der Waals surface area contributed by atoms with Gasteiger partial charge in [-0.25, -0.2) is 14.8 Å². The Hall–Kier alpha value is -2.18. The molecule has 1 aromatic heterocycles. The Bertz CT molecular complexity index is 511. The number of hydrogen-bond donors (Lipinski definition) is 1. The number of nitrogens with zero attached hydrogens (tertiary/aromatic N) is 3. The van der Waals surface area contributed by atoms with E-state index in [0.29, 0.717) is 5.82 Å². The summed E-state index contributed by atoms with van der Waals surface area (Å²) in [7, 11) is 1.51. The standard InChI is InChI=1S/C14H22N4O3/c1-6-21-12(19)8-18(5)13(20)17-11-7-10(14(2,3)4)15-9-16-11/h7,9H,6,8H2,1-5H3,(H,15,16,17,20). The van der Waals surface area contributed by atoms with E-state index in [1.807, 2.05) is 20.8 Å². The van der Waals surface area contributed by atoms with E-state index in [-0.39, 0.29) is 18.6 Å². The Kier molecular flexibility index (Phi) is 5.63. The summed E-state index contributed by atoms with van der Waals surface area (Å²) in [5.74, 6) is -0.0520. The van der Waals surface area contributed by atoms with Gasteiger partial charge in [-0.2, -0.15) is 0 Å². The highest BCUT2D eigenvalue weighted by Gasteiger charge is 2.18. The second kappa shape index (κ2) is 7.01. The summed E-state index contributed by atoms with van der Waals surface area (Å²) >= 11 is 0. The first-order valence-corrected chi connectivity index (χ1v) is 6.74. The number of amides is 2. The first-order valence-electron chi connectivity index (χ1n) is 6.74. The van der Waals surface area contributed by atoms with E-state index in [1.54, 1.807) is 13.0 Å². The molecule has 0 aromatic carbocycles. The number of esters is 1. The number of carbonyl (C=O) groups excluding carboxylic acids is 2. The molecule has 1 rings (SSSR count). The van der Waals surface area contributed by atoms with Gasteiger partial charge in [-0.05, 0) is 6.92 Å². The monoisotopic (exact) mass is 294 g/mol. The molecule has 0 unspecified atom stereocenters. The second-order valence-corrected chi connectivity index (χ2v) is 5.63. The van der Waals surface area contributed by atoms with Gasteiger partial charge in [0.25, 0.3) is 0 Å². The van der Waals surface area contributed by atoms with Crippen LogP contribution in [0.3, 0.4) is 0 Å². The van der Waals surface area contributed by atoms with Crippen molar-refractivity contribution >= 4 is 17.8 Å². The fourth-order valence-electron chi connectivity index (χ4n) is 1.51. The van der Waals surface area contributed by atoms with Gasteiger partial charge in [0.2, 0.25) is 0 Å². The molecule has 0 spiro atoms. The molecule has 0 aliphatic heterocycles. The van der Waals surface area contributed by atoms with Crippen molar-refractivity contribution in [2.45, 2.75) is 33.1 Å². The Labute approximate surface area is 124 Å². The number of carbonyl (C=O) groups is 2. The molecule has 0 saturated heterocycles. The van der Waals surface area contributed by atoms with Crippen molar-refractivity contribution in [1.82, 2.24) is 14.9 Å². The Balaban J connectivity index is 2.68. The van der Waals surface area contributed by atoms with Crippen LogP contribution in [-0.2, 0) is 14.9 Å². The molecule has 0 fully saturated rings. The summed E-state index contributed by atoms with van der Waals surface area (Å²) < 4.78 is 4.79. The molecule has 7 nitrogen and oxygen atoms in total. The van der Waals surface area contributed by atoms with E-state index in [1.165, 1.54) is 18.3 Å². The zero-order valence-electron chi connectivity index (χ0n) is 13.1. The summed E-state index contributed by atoms with van der Waals surface area (Å²) in [5, 5.41) is 2.63. The highest BCUT2D eigenvalue weighted by molar-refractivity contribution is 5.90. The minimum atomic E-state index is -0.451. The number of ether oxygens (including phenoxy) is 1. The number of anilines is 1. The molecule has 2 amide bonds. The molecule has 0 aliphatic rings. The first-order chi connectivity index (χ1) is 9.74. The maximum Gasteiger partial charge on any atom is 0.325 e. The lowest BCUT2D eigenvalue weighted by Gasteiger charge is -2.19. The van der Waals surface area contributed by atoms with Crippen LogP contribution in [0.15, 0.2) is 12.4 Å². The van der Waals surface area contributed by atoms with Crippen molar-refractivity contribution in [1.29, 1.82) is 0 Å². The van der Waals surface area contributed by atoms with Crippen LogP contribution >= 0.6 is 0 Å². The lowest BCUT2D eigenvalue weighted by molar-refractivity contribution is -0.143. The van der Waals surface area contributed by atoms with Gasteiger partial charge in [-0.3, -0.25) is 10.1 Å². The van der Waals surface area contributed by atoms with Crippen LogP contribution in [0.25, 0.3) is 0 Å². The molecular formula is C14H22N4O3. The molecule has 0 aliphatic carbocycles. The molecule has 7 heteroatoms. The average Bonchev–Trinajstić information content (AvgIpc) is 2.38. The largest absolute Gasteiger partial charge is 0.465 e. The second-order valence-electron chi connectivity index (χ2n) is 5.63. The van der Waals surface area contributed by atoms with Crippen LogP contribution in [0.2, 0.25) is 0 Å². The topological polar surface area (TPSA) is 84.4 Å². The normalized spacial score (nSPS) is 10.9. The zero-order valence-corrected chi connectivity index (χ0v) is 13.1. The maximum atomic E-state index is 12.0. The quantitative estimate of drug-likeness (QED) is 0.856. The molecule has 0 bridgehead atoms. The van der Waals surface area contributed by atoms with Crippen LogP contribution in [-0.4, -0.2) is 47.1 Å². The number of urea groups is 1. The minimum absolute atomic E-state index is 0.114. The molecule has 0 saturated carbocycles. The summed E-state index contributed by atoms with van der Waals surface area (Å²) in [4.78, 5) is 32.7. The van der Waals surface area contributed by atoms with E-state index in [9.17, 15) is 9.59 Å². The van der Waals surface area contributed by atoms with E-state index in [4.69, 9.17) is 4.74 Å². The minimum Gasteiger partial charge on any atom is -0.465 e. The Morgan fingerprint density at radius 1 is 1.33 bits per heavy atom. The van der Waals surface area contributed by atoms with Gasteiger partial charge >= 0.3 is 12.0 Å². The highest BCUT2D eigenvalue weighted by atomic mass is 16.5. The molecule has 1 N–H and O–H groups in total. The van der Waals surface area contributed by atoms with E-state index in [0.717, 1.165) is 5.69 Å². The van der Waals surface area contributed by atoms with Gasteiger partial charge in [-0.15, -0.1) is 0 Å². The summed E-state index contributed by atoms with van der Waals surface area (Å²) in [6.07, 6.45) is 1.40. The van der Waals surface area contributed by atoms with E-state index in [2.05, 4.69) is 15.3 Å². The predicted molar refractivity (Wildman–Crippen MR) is 79.0 cm³/mol. The number of likely N-dealkylation sites (N-methyl/N-ethyl adjacent to an activating group) is 1. The smallest absolute Gasteiger partial charge is 0.325 e. The van der Waals surface area contributed by atoms with Crippen molar-refractivity contribution in [3.8, 4) is 0 Å². The van der Waals surface area contributed by atoms with Crippen molar-refractivity contribution in [2.24, 2.45) is 0 Å². The van der Waals surface area contributed by atoms with Crippen molar-refractivity contribution in [3.63, 3.8) is 0 Å². The number of aromatic nitrogens is 2.